The van der Waals surface area contributed by atoms with E-state index in [1.807, 2.05) is 0 Å². The van der Waals surface area contributed by atoms with Gasteiger partial charge in [-0.1, -0.05) is 26.2 Å². The Balaban J connectivity index is 2.33. The molecular formula is C10H22N2. The molecule has 0 aliphatic heterocycles. The highest BCUT2D eigenvalue weighted by Gasteiger charge is 2.19. The lowest BCUT2D eigenvalue weighted by Gasteiger charge is -2.36. The smallest absolute Gasteiger partial charge is 0.0242 e. The highest BCUT2D eigenvalue weighted by Crippen LogP contribution is 2.21. The van der Waals surface area contributed by atoms with E-state index in [2.05, 4.69) is 31.0 Å². The second-order valence-electron chi connectivity index (χ2n) is 3.84. The van der Waals surface area contributed by atoms with Gasteiger partial charge in [0.1, 0.15) is 0 Å². The Kier molecular flexibility index (Phi) is 4.02. The summed E-state index contributed by atoms with van der Waals surface area (Å²) in [6.07, 6.45) is 7.07. The molecule has 0 amide bonds. The zero-order valence-electron chi connectivity index (χ0n) is 8.71. The van der Waals surface area contributed by atoms with Crippen molar-refractivity contribution in [2.75, 3.05) is 20.6 Å². The zero-order valence-corrected chi connectivity index (χ0v) is 8.71. The molecule has 1 aliphatic rings. The number of nitrogens with zero attached hydrogens (tertiary/aromatic N) is 2. The Morgan fingerprint density at radius 3 is 2.17 bits per heavy atom. The van der Waals surface area contributed by atoms with Crippen LogP contribution in [0.2, 0.25) is 0 Å². The van der Waals surface area contributed by atoms with Crippen LogP contribution in [-0.4, -0.2) is 36.7 Å². The summed E-state index contributed by atoms with van der Waals surface area (Å²) < 4.78 is 0. The van der Waals surface area contributed by atoms with Crippen LogP contribution in [0.4, 0.5) is 0 Å². The van der Waals surface area contributed by atoms with Gasteiger partial charge >= 0.3 is 0 Å². The Hall–Kier alpha value is -0.0800. The van der Waals surface area contributed by atoms with E-state index in [1.54, 1.807) is 0 Å². The monoisotopic (exact) mass is 170 g/mol. The molecule has 0 radical (unpaired) electrons. The Labute approximate surface area is 76.5 Å². The standard InChI is InChI=1S/C10H22N2/c1-4-11(2)12(3)10-8-6-5-7-9-10/h10H,4-9H2,1-3H3. The Morgan fingerprint density at radius 2 is 1.67 bits per heavy atom. The largest absolute Gasteiger partial charge is 0.245 e. The lowest BCUT2D eigenvalue weighted by atomic mass is 9.95. The molecule has 2 nitrogen and oxygen atoms in total. The summed E-state index contributed by atoms with van der Waals surface area (Å²) in [5.41, 5.74) is 0. The van der Waals surface area contributed by atoms with Crippen molar-refractivity contribution >= 4 is 0 Å². The predicted molar refractivity (Wildman–Crippen MR) is 52.9 cm³/mol. The average Bonchev–Trinajstić information content (AvgIpc) is 2.17. The summed E-state index contributed by atoms with van der Waals surface area (Å²) in [4.78, 5) is 0. The first kappa shape index (κ1) is 10.0. The fourth-order valence-electron chi connectivity index (χ4n) is 1.96. The number of rotatable bonds is 3. The molecule has 0 heterocycles. The molecule has 1 saturated carbocycles. The van der Waals surface area contributed by atoms with Crippen molar-refractivity contribution in [1.29, 1.82) is 0 Å². The summed E-state index contributed by atoms with van der Waals surface area (Å²) in [7, 11) is 4.40. The molecule has 0 atom stereocenters. The van der Waals surface area contributed by atoms with Gasteiger partial charge in [-0.15, -0.1) is 0 Å². The van der Waals surface area contributed by atoms with Crippen molar-refractivity contribution < 1.29 is 0 Å². The minimum Gasteiger partial charge on any atom is -0.245 e. The molecule has 72 valence electrons. The molecule has 0 aromatic rings. The third kappa shape index (κ3) is 2.46. The molecule has 0 unspecified atom stereocenters. The van der Waals surface area contributed by atoms with Crippen LogP contribution in [0.25, 0.3) is 0 Å². The van der Waals surface area contributed by atoms with Gasteiger partial charge in [-0.05, 0) is 12.8 Å². The van der Waals surface area contributed by atoms with Crippen LogP contribution in [0, 0.1) is 0 Å². The summed E-state index contributed by atoms with van der Waals surface area (Å²) >= 11 is 0. The van der Waals surface area contributed by atoms with E-state index in [4.69, 9.17) is 0 Å². The van der Waals surface area contributed by atoms with Gasteiger partial charge in [0.15, 0.2) is 0 Å². The zero-order chi connectivity index (χ0) is 8.97. The summed E-state index contributed by atoms with van der Waals surface area (Å²) in [6.45, 7) is 3.33. The van der Waals surface area contributed by atoms with Gasteiger partial charge in [-0.25, -0.2) is 10.0 Å². The predicted octanol–water partition coefficient (Wildman–Crippen LogP) is 2.12. The number of hydrogen-bond acceptors (Lipinski definition) is 2. The number of hydrazine groups is 1. The molecule has 0 aromatic carbocycles. The van der Waals surface area contributed by atoms with E-state index in [0.29, 0.717) is 0 Å². The maximum Gasteiger partial charge on any atom is 0.0242 e. The summed E-state index contributed by atoms with van der Waals surface area (Å²) in [5, 5.41) is 4.73. The minimum absolute atomic E-state index is 0.809. The topological polar surface area (TPSA) is 6.48 Å². The Morgan fingerprint density at radius 1 is 1.08 bits per heavy atom. The molecule has 2 heteroatoms. The van der Waals surface area contributed by atoms with Gasteiger partial charge in [0, 0.05) is 26.7 Å². The highest BCUT2D eigenvalue weighted by molar-refractivity contribution is 4.71. The third-order valence-electron chi connectivity index (χ3n) is 3.10. The van der Waals surface area contributed by atoms with Gasteiger partial charge in [0.2, 0.25) is 0 Å². The van der Waals surface area contributed by atoms with Crippen molar-refractivity contribution in [1.82, 2.24) is 10.0 Å². The molecule has 0 aromatic heterocycles. The summed E-state index contributed by atoms with van der Waals surface area (Å²) in [6, 6.07) is 0.809. The van der Waals surface area contributed by atoms with Crippen LogP contribution >= 0.6 is 0 Å². The molecular weight excluding hydrogens is 148 g/mol. The lowest BCUT2D eigenvalue weighted by molar-refractivity contribution is -0.0224. The fourth-order valence-corrected chi connectivity index (χ4v) is 1.96. The van der Waals surface area contributed by atoms with Gasteiger partial charge in [0.25, 0.3) is 0 Å². The molecule has 0 spiro atoms. The first-order valence-electron chi connectivity index (χ1n) is 5.19. The van der Waals surface area contributed by atoms with Crippen LogP contribution in [-0.2, 0) is 0 Å². The van der Waals surface area contributed by atoms with Gasteiger partial charge in [-0.2, -0.15) is 0 Å². The molecule has 12 heavy (non-hydrogen) atoms. The van der Waals surface area contributed by atoms with E-state index in [-0.39, 0.29) is 0 Å². The Bertz CT molecular complexity index is 119. The molecule has 0 bridgehead atoms. The molecule has 1 aliphatic carbocycles. The fraction of sp³-hybridized carbons (Fsp3) is 1.00. The van der Waals surface area contributed by atoms with Crippen molar-refractivity contribution in [2.24, 2.45) is 0 Å². The molecule has 1 rings (SSSR count). The van der Waals surface area contributed by atoms with E-state index >= 15 is 0 Å². The van der Waals surface area contributed by atoms with Gasteiger partial charge in [0.05, 0.1) is 0 Å². The van der Waals surface area contributed by atoms with Crippen LogP contribution < -0.4 is 0 Å². The first-order chi connectivity index (χ1) is 5.75. The van der Waals surface area contributed by atoms with Gasteiger partial charge < -0.3 is 0 Å². The van der Waals surface area contributed by atoms with Crippen molar-refractivity contribution in [3.8, 4) is 0 Å². The van der Waals surface area contributed by atoms with Crippen LogP contribution in [0.1, 0.15) is 39.0 Å². The molecule has 0 saturated heterocycles. The van der Waals surface area contributed by atoms with Crippen LogP contribution in [0.5, 0.6) is 0 Å². The van der Waals surface area contributed by atoms with Crippen molar-refractivity contribution in [2.45, 2.75) is 45.1 Å². The quantitative estimate of drug-likeness (QED) is 0.599. The van der Waals surface area contributed by atoms with Crippen LogP contribution in [0.3, 0.4) is 0 Å². The molecule has 0 N–H and O–H groups in total. The lowest BCUT2D eigenvalue weighted by Crippen LogP contribution is -2.44. The second kappa shape index (κ2) is 4.83. The van der Waals surface area contributed by atoms with Gasteiger partial charge in [-0.3, -0.25) is 0 Å². The maximum absolute atomic E-state index is 2.42. The second-order valence-corrected chi connectivity index (χ2v) is 3.84. The SMILES string of the molecule is CCN(C)N(C)C1CCCCC1. The maximum atomic E-state index is 2.42. The highest BCUT2D eigenvalue weighted by atomic mass is 15.6. The third-order valence-corrected chi connectivity index (χ3v) is 3.10. The average molecular weight is 170 g/mol. The van der Waals surface area contributed by atoms with E-state index in [0.717, 1.165) is 12.6 Å². The summed E-state index contributed by atoms with van der Waals surface area (Å²) in [5.74, 6) is 0. The number of hydrogen-bond donors (Lipinski definition) is 0. The van der Waals surface area contributed by atoms with E-state index in [1.165, 1.54) is 32.1 Å². The van der Waals surface area contributed by atoms with Crippen LogP contribution in [0.15, 0.2) is 0 Å². The minimum atomic E-state index is 0.809. The van der Waals surface area contributed by atoms with Crippen molar-refractivity contribution in [3.05, 3.63) is 0 Å². The van der Waals surface area contributed by atoms with Crippen molar-refractivity contribution in [3.63, 3.8) is 0 Å². The first-order valence-corrected chi connectivity index (χ1v) is 5.19. The normalized spacial score (nSPS) is 20.8. The molecule has 1 fully saturated rings. The van der Waals surface area contributed by atoms with E-state index < -0.39 is 0 Å². The van der Waals surface area contributed by atoms with E-state index in [9.17, 15) is 0 Å².